The van der Waals surface area contributed by atoms with E-state index in [4.69, 9.17) is 4.74 Å². The van der Waals surface area contributed by atoms with Crippen LogP contribution in [0.2, 0.25) is 0 Å². The number of hydrogen-bond donors (Lipinski definition) is 0. The molecule has 4 aromatic rings. The first kappa shape index (κ1) is 27.0. The smallest absolute Gasteiger partial charge is 0.250 e. The zero-order valence-electron chi connectivity index (χ0n) is 20.7. The number of rotatable bonds is 10. The summed E-state index contributed by atoms with van der Waals surface area (Å²) in [5.41, 5.74) is 4.29. The fourth-order valence-corrected chi connectivity index (χ4v) is 4.12. The summed E-state index contributed by atoms with van der Waals surface area (Å²) in [5.74, 6) is 0.853. The van der Waals surface area contributed by atoms with Crippen LogP contribution in [0.5, 0.6) is 5.75 Å². The van der Waals surface area contributed by atoms with Gasteiger partial charge in [-0.05, 0) is 66.8 Å². The second-order valence-electron chi connectivity index (χ2n) is 8.76. The number of amides is 1. The maximum absolute atomic E-state index is 13.2. The summed E-state index contributed by atoms with van der Waals surface area (Å²) in [7, 11) is 1.76. The third-order valence-electron chi connectivity index (χ3n) is 6.27. The molecule has 0 saturated carbocycles. The molecule has 0 fully saturated rings. The van der Waals surface area contributed by atoms with E-state index in [1.807, 2.05) is 53.6 Å². The van der Waals surface area contributed by atoms with Crippen LogP contribution in [0.3, 0.4) is 0 Å². The van der Waals surface area contributed by atoms with Crippen molar-refractivity contribution in [1.29, 1.82) is 0 Å². The van der Waals surface area contributed by atoms with Gasteiger partial charge >= 0.3 is 0 Å². The van der Waals surface area contributed by atoms with E-state index in [0.717, 1.165) is 34.2 Å². The van der Waals surface area contributed by atoms with Gasteiger partial charge in [0.15, 0.2) is 0 Å². The third-order valence-corrected chi connectivity index (χ3v) is 6.27. The van der Waals surface area contributed by atoms with Crippen LogP contribution in [0, 0.1) is 6.92 Å². The van der Waals surface area contributed by atoms with Crippen molar-refractivity contribution in [1.82, 2.24) is 14.5 Å². The molecule has 0 N–H and O–H groups in total. The van der Waals surface area contributed by atoms with Crippen LogP contribution in [-0.2, 0) is 24.8 Å². The molecule has 0 spiro atoms. The number of aryl methyl sites for hydroxylation is 2. The molecule has 6 nitrogen and oxygen atoms in total. The van der Waals surface area contributed by atoms with E-state index in [0.29, 0.717) is 32.5 Å². The molecule has 1 amide bonds. The fourth-order valence-electron chi connectivity index (χ4n) is 4.12. The second kappa shape index (κ2) is 12.9. The molecule has 188 valence electrons. The van der Waals surface area contributed by atoms with Crippen molar-refractivity contribution in [3.63, 3.8) is 0 Å². The first-order chi connectivity index (χ1) is 17.0. The van der Waals surface area contributed by atoms with E-state index < -0.39 is 0 Å². The SMILES string of the molecule is Cc1ccccc1CN(CCc1cccnc1)C(=O)CCCOc1ccc2c(ccc(=O)n2C)c1.Cl. The van der Waals surface area contributed by atoms with Crippen LogP contribution in [0.15, 0.2) is 83.9 Å². The number of pyridine rings is 2. The van der Waals surface area contributed by atoms with Gasteiger partial charge in [-0.2, -0.15) is 0 Å². The minimum atomic E-state index is -0.0385. The quantitative estimate of drug-likeness (QED) is 0.281. The van der Waals surface area contributed by atoms with Crippen LogP contribution >= 0.6 is 12.4 Å². The summed E-state index contributed by atoms with van der Waals surface area (Å²) in [6, 6.07) is 21.2. The van der Waals surface area contributed by atoms with E-state index in [-0.39, 0.29) is 23.9 Å². The Morgan fingerprint density at radius 1 is 1.06 bits per heavy atom. The molecular weight excluding hydrogens is 474 g/mol. The minimum absolute atomic E-state index is 0. The second-order valence-corrected chi connectivity index (χ2v) is 8.76. The van der Waals surface area contributed by atoms with E-state index in [9.17, 15) is 9.59 Å². The molecule has 2 aromatic heterocycles. The molecular formula is C29H32ClN3O3. The van der Waals surface area contributed by atoms with Crippen LogP contribution in [0.1, 0.15) is 29.5 Å². The van der Waals surface area contributed by atoms with Gasteiger partial charge in [0, 0.05) is 50.4 Å². The molecule has 0 aliphatic rings. The van der Waals surface area contributed by atoms with Crippen molar-refractivity contribution in [2.75, 3.05) is 13.2 Å². The van der Waals surface area contributed by atoms with Gasteiger partial charge in [0.1, 0.15) is 5.75 Å². The standard InChI is InChI=1S/C29H31N3O3.ClH/c1-22-7-3-4-9-25(22)21-32(17-15-23-8-5-16-30-20-23)29(34)10-6-18-35-26-12-13-27-24(19-26)11-14-28(33)31(27)2;/h3-5,7-9,11-14,16,19-20H,6,10,15,17-18,21H2,1-2H3;1H. The predicted molar refractivity (Wildman–Crippen MR) is 146 cm³/mol. The zero-order valence-corrected chi connectivity index (χ0v) is 21.5. The molecule has 2 aromatic carbocycles. The number of hydrogen-bond acceptors (Lipinski definition) is 4. The Labute approximate surface area is 218 Å². The summed E-state index contributed by atoms with van der Waals surface area (Å²) in [5, 5.41) is 0.945. The van der Waals surface area contributed by atoms with Crippen molar-refractivity contribution < 1.29 is 9.53 Å². The number of benzene rings is 2. The summed E-state index contributed by atoms with van der Waals surface area (Å²) < 4.78 is 7.53. The van der Waals surface area contributed by atoms with E-state index in [1.165, 1.54) is 5.56 Å². The van der Waals surface area contributed by atoms with Gasteiger partial charge in [0.2, 0.25) is 5.91 Å². The molecule has 0 aliphatic heterocycles. The maximum Gasteiger partial charge on any atom is 0.250 e. The van der Waals surface area contributed by atoms with Crippen LogP contribution in [-0.4, -0.2) is 33.5 Å². The van der Waals surface area contributed by atoms with Crippen LogP contribution < -0.4 is 10.3 Å². The Morgan fingerprint density at radius 3 is 2.67 bits per heavy atom. The monoisotopic (exact) mass is 505 g/mol. The highest BCUT2D eigenvalue weighted by molar-refractivity contribution is 5.85. The van der Waals surface area contributed by atoms with Crippen molar-refractivity contribution in [2.45, 2.75) is 32.7 Å². The Balaban J connectivity index is 0.00000361. The molecule has 0 radical (unpaired) electrons. The van der Waals surface area contributed by atoms with Crippen molar-refractivity contribution in [2.24, 2.45) is 7.05 Å². The van der Waals surface area contributed by atoms with Crippen molar-refractivity contribution >= 4 is 29.2 Å². The Kier molecular flexibility index (Phi) is 9.65. The number of ether oxygens (including phenoxy) is 1. The van der Waals surface area contributed by atoms with Crippen molar-refractivity contribution in [3.8, 4) is 5.75 Å². The lowest BCUT2D eigenvalue weighted by atomic mass is 10.1. The zero-order chi connectivity index (χ0) is 24.6. The molecule has 2 heterocycles. The number of aromatic nitrogens is 2. The number of fused-ring (bicyclic) bond motifs is 1. The van der Waals surface area contributed by atoms with E-state index >= 15 is 0 Å². The number of halogens is 1. The molecule has 0 unspecified atom stereocenters. The van der Waals surface area contributed by atoms with Gasteiger partial charge in [-0.3, -0.25) is 14.6 Å². The largest absolute Gasteiger partial charge is 0.494 e. The van der Waals surface area contributed by atoms with Gasteiger partial charge in [-0.15, -0.1) is 12.4 Å². The number of nitrogens with zero attached hydrogens (tertiary/aromatic N) is 3. The maximum atomic E-state index is 13.2. The van der Waals surface area contributed by atoms with Crippen LogP contribution in [0.25, 0.3) is 10.9 Å². The highest BCUT2D eigenvalue weighted by Crippen LogP contribution is 2.20. The lowest BCUT2D eigenvalue weighted by Crippen LogP contribution is -2.32. The molecule has 0 bridgehead atoms. The Hall–Kier alpha value is -3.64. The molecule has 7 heteroatoms. The molecule has 0 atom stereocenters. The molecule has 0 aliphatic carbocycles. The summed E-state index contributed by atoms with van der Waals surface area (Å²) in [4.78, 5) is 31.1. The average molecular weight is 506 g/mol. The van der Waals surface area contributed by atoms with Gasteiger partial charge in [-0.25, -0.2) is 0 Å². The highest BCUT2D eigenvalue weighted by atomic mass is 35.5. The average Bonchev–Trinajstić information content (AvgIpc) is 2.88. The van der Waals surface area contributed by atoms with E-state index in [1.54, 1.807) is 29.9 Å². The lowest BCUT2D eigenvalue weighted by Gasteiger charge is -2.24. The fraction of sp³-hybridized carbons (Fsp3) is 0.276. The predicted octanol–water partition coefficient (Wildman–Crippen LogP) is 5.09. The Bertz CT molecular complexity index is 1350. The molecule has 4 rings (SSSR count). The summed E-state index contributed by atoms with van der Waals surface area (Å²) in [6.07, 6.45) is 5.42. The highest BCUT2D eigenvalue weighted by Gasteiger charge is 2.15. The van der Waals surface area contributed by atoms with E-state index in [2.05, 4.69) is 24.0 Å². The topological polar surface area (TPSA) is 64.4 Å². The lowest BCUT2D eigenvalue weighted by molar-refractivity contribution is -0.132. The minimum Gasteiger partial charge on any atom is -0.494 e. The van der Waals surface area contributed by atoms with Gasteiger partial charge in [0.05, 0.1) is 12.1 Å². The molecule has 0 saturated heterocycles. The van der Waals surface area contributed by atoms with Gasteiger partial charge in [-0.1, -0.05) is 30.3 Å². The summed E-state index contributed by atoms with van der Waals surface area (Å²) in [6.45, 7) is 3.76. The summed E-state index contributed by atoms with van der Waals surface area (Å²) >= 11 is 0. The third kappa shape index (κ3) is 6.95. The normalized spacial score (nSPS) is 10.6. The first-order valence-electron chi connectivity index (χ1n) is 11.9. The van der Waals surface area contributed by atoms with Gasteiger partial charge < -0.3 is 14.2 Å². The number of carbonyl (C=O) groups is 1. The molecule has 36 heavy (non-hydrogen) atoms. The number of carbonyl (C=O) groups excluding carboxylic acids is 1. The Morgan fingerprint density at radius 2 is 1.89 bits per heavy atom. The van der Waals surface area contributed by atoms with Crippen molar-refractivity contribution in [3.05, 3.63) is 106 Å². The first-order valence-corrected chi connectivity index (χ1v) is 11.9. The van der Waals surface area contributed by atoms with Gasteiger partial charge in [0.25, 0.3) is 5.56 Å². The van der Waals surface area contributed by atoms with Crippen LogP contribution in [0.4, 0.5) is 0 Å².